The van der Waals surface area contributed by atoms with Crippen LogP contribution in [-0.2, 0) is 0 Å². The predicted octanol–water partition coefficient (Wildman–Crippen LogP) is 5.36. The fourth-order valence-electron chi connectivity index (χ4n) is 2.96. The van der Waals surface area contributed by atoms with Crippen LogP contribution in [0, 0.1) is 25.2 Å². The Morgan fingerprint density at radius 1 is 1.17 bits per heavy atom. The Morgan fingerprint density at radius 3 is 2.67 bits per heavy atom. The van der Waals surface area contributed by atoms with Gasteiger partial charge in [-0.25, -0.2) is 4.98 Å². The fourth-order valence-corrected chi connectivity index (χ4v) is 4.60. The molecule has 150 valence electrons. The molecule has 0 aliphatic heterocycles. The lowest BCUT2D eigenvalue weighted by molar-refractivity contribution is 0.420. The highest BCUT2D eigenvalue weighted by Crippen LogP contribution is 2.31. The smallest absolute Gasteiger partial charge is 0.210 e. The summed E-state index contributed by atoms with van der Waals surface area (Å²) in [5, 5.41) is 32.3. The molecule has 0 fully saturated rings. The quantitative estimate of drug-likeness (QED) is 0.213. The van der Waals surface area contributed by atoms with Crippen molar-refractivity contribution < 1.29 is 5.11 Å². The van der Waals surface area contributed by atoms with Crippen LogP contribution in [0.5, 0.6) is 0 Å². The van der Waals surface area contributed by atoms with Crippen LogP contribution in [0.4, 0.5) is 10.8 Å². The number of hydrogen-bond acceptors (Lipinski definition) is 8. The Bertz CT molecular complexity index is 1230. The van der Waals surface area contributed by atoms with Gasteiger partial charge in [0, 0.05) is 5.69 Å². The molecule has 0 radical (unpaired) electrons. The summed E-state index contributed by atoms with van der Waals surface area (Å²) in [6, 6.07) is 15.6. The van der Waals surface area contributed by atoms with E-state index in [0.29, 0.717) is 15.3 Å². The molecular formula is C21H18N6OS2. The van der Waals surface area contributed by atoms with E-state index in [9.17, 15) is 10.4 Å². The highest BCUT2D eigenvalue weighted by atomic mass is 32.2. The standard InChI is InChI=1S/C21H18N6OS2/c1-12-6-5-7-13(2)18(12)25-20-26-27-21(30-20)29-11-17(28)14(10-22)19-23-15-8-3-4-9-16(15)24-19/h3-9,28H,11H2,1-2H3,(H,23,24)(H,25,26)/b17-14-. The van der Waals surface area contributed by atoms with Crippen molar-refractivity contribution in [2.75, 3.05) is 11.1 Å². The molecular weight excluding hydrogens is 416 g/mol. The molecule has 0 atom stereocenters. The number of benzene rings is 2. The van der Waals surface area contributed by atoms with Crippen LogP contribution in [0.3, 0.4) is 0 Å². The van der Waals surface area contributed by atoms with Crippen LogP contribution in [-0.4, -0.2) is 31.0 Å². The number of H-pyrrole nitrogens is 1. The first-order valence-electron chi connectivity index (χ1n) is 9.12. The van der Waals surface area contributed by atoms with E-state index in [2.05, 4.69) is 25.5 Å². The Labute approximate surface area is 181 Å². The highest BCUT2D eigenvalue weighted by Gasteiger charge is 2.15. The zero-order chi connectivity index (χ0) is 21.1. The maximum Gasteiger partial charge on any atom is 0.210 e. The topological polar surface area (TPSA) is 111 Å². The minimum Gasteiger partial charge on any atom is -0.510 e. The van der Waals surface area contributed by atoms with Crippen LogP contribution in [0.2, 0.25) is 0 Å². The lowest BCUT2D eigenvalue weighted by Gasteiger charge is -2.09. The van der Waals surface area contributed by atoms with Gasteiger partial charge in [-0.05, 0) is 37.1 Å². The zero-order valence-electron chi connectivity index (χ0n) is 16.3. The summed E-state index contributed by atoms with van der Waals surface area (Å²) >= 11 is 2.71. The van der Waals surface area contributed by atoms with Crippen molar-refractivity contribution in [3.05, 3.63) is 65.2 Å². The first kappa shape index (κ1) is 19.9. The summed E-state index contributed by atoms with van der Waals surface area (Å²) in [5.74, 6) is 0.491. The van der Waals surface area contributed by atoms with Gasteiger partial charge in [-0.3, -0.25) is 0 Å². The molecule has 2 heterocycles. The van der Waals surface area contributed by atoms with Gasteiger partial charge < -0.3 is 15.4 Å². The SMILES string of the molecule is Cc1cccc(C)c1Nc1nnc(SC/C(O)=C(\C#N)c2nc3ccccc3[nH]2)s1. The number of thioether (sulfide) groups is 1. The second-order valence-corrected chi connectivity index (χ2v) is 8.79. The molecule has 0 spiro atoms. The fraction of sp³-hybridized carbons (Fsp3) is 0.143. The molecule has 0 aliphatic carbocycles. The number of imidazole rings is 1. The summed E-state index contributed by atoms with van der Waals surface area (Å²) in [7, 11) is 0. The van der Waals surface area contributed by atoms with E-state index >= 15 is 0 Å². The summed E-state index contributed by atoms with van der Waals surface area (Å²) in [6.45, 7) is 4.08. The monoisotopic (exact) mass is 434 g/mol. The number of aryl methyl sites for hydroxylation is 2. The Kier molecular flexibility index (Phi) is 5.70. The molecule has 7 nitrogen and oxygen atoms in total. The van der Waals surface area contributed by atoms with Gasteiger partial charge in [0.15, 0.2) is 10.2 Å². The van der Waals surface area contributed by atoms with Crippen molar-refractivity contribution in [2.24, 2.45) is 0 Å². The van der Waals surface area contributed by atoms with Crippen LogP contribution in [0.15, 0.2) is 52.6 Å². The molecule has 2 aromatic carbocycles. The molecule has 0 unspecified atom stereocenters. The third-order valence-corrected chi connectivity index (χ3v) is 6.46. The summed E-state index contributed by atoms with van der Waals surface area (Å²) in [4.78, 5) is 7.46. The zero-order valence-corrected chi connectivity index (χ0v) is 17.9. The van der Waals surface area contributed by atoms with Crippen molar-refractivity contribution in [2.45, 2.75) is 18.2 Å². The molecule has 4 aromatic rings. The number of nitriles is 1. The number of aliphatic hydroxyl groups is 1. The number of anilines is 2. The minimum atomic E-state index is -0.0546. The molecule has 30 heavy (non-hydrogen) atoms. The van der Waals surface area contributed by atoms with Gasteiger partial charge in [0.1, 0.15) is 17.4 Å². The van der Waals surface area contributed by atoms with Crippen LogP contribution in [0.25, 0.3) is 16.6 Å². The predicted molar refractivity (Wildman–Crippen MR) is 121 cm³/mol. The van der Waals surface area contributed by atoms with Crippen molar-refractivity contribution >= 4 is 50.5 Å². The summed E-state index contributed by atoms with van der Waals surface area (Å²) < 4.78 is 0.692. The minimum absolute atomic E-state index is 0.0546. The van der Waals surface area contributed by atoms with Crippen LogP contribution >= 0.6 is 23.1 Å². The Hall–Kier alpha value is -3.35. The number of nitrogens with zero attached hydrogens (tertiary/aromatic N) is 4. The van der Waals surface area contributed by atoms with Gasteiger partial charge in [-0.1, -0.05) is 53.4 Å². The third-order valence-electron chi connectivity index (χ3n) is 4.48. The van der Waals surface area contributed by atoms with Crippen molar-refractivity contribution in [3.63, 3.8) is 0 Å². The van der Waals surface area contributed by atoms with E-state index in [0.717, 1.165) is 27.8 Å². The lowest BCUT2D eigenvalue weighted by Crippen LogP contribution is -1.95. The molecule has 9 heteroatoms. The molecule has 0 bridgehead atoms. The third kappa shape index (κ3) is 4.15. The molecule has 4 rings (SSSR count). The molecule has 3 N–H and O–H groups in total. The van der Waals surface area contributed by atoms with Crippen molar-refractivity contribution in [1.29, 1.82) is 5.26 Å². The number of hydrogen-bond donors (Lipinski definition) is 3. The number of nitrogens with one attached hydrogen (secondary N) is 2. The summed E-state index contributed by atoms with van der Waals surface area (Å²) in [6.07, 6.45) is 0. The van der Waals surface area contributed by atoms with Crippen LogP contribution in [0.1, 0.15) is 17.0 Å². The number of fused-ring (bicyclic) bond motifs is 1. The highest BCUT2D eigenvalue weighted by molar-refractivity contribution is 8.01. The normalized spacial score (nSPS) is 11.9. The Balaban J connectivity index is 1.48. The largest absolute Gasteiger partial charge is 0.510 e. The van der Waals surface area contributed by atoms with Crippen LogP contribution < -0.4 is 5.32 Å². The van der Waals surface area contributed by atoms with Gasteiger partial charge in [-0.15, -0.1) is 10.2 Å². The van der Waals surface area contributed by atoms with Crippen molar-refractivity contribution in [1.82, 2.24) is 20.2 Å². The molecule has 0 saturated carbocycles. The number of aliphatic hydroxyl groups excluding tert-OH is 1. The second kappa shape index (κ2) is 8.57. The van der Waals surface area contributed by atoms with Gasteiger partial charge >= 0.3 is 0 Å². The average molecular weight is 435 g/mol. The van der Waals surface area contributed by atoms with Crippen molar-refractivity contribution in [3.8, 4) is 6.07 Å². The summed E-state index contributed by atoms with van der Waals surface area (Å²) in [5.41, 5.74) is 4.95. The van der Waals surface area contributed by atoms with E-state index in [1.165, 1.54) is 23.1 Å². The van der Waals surface area contributed by atoms with Gasteiger partial charge in [-0.2, -0.15) is 5.26 Å². The number of aromatic nitrogens is 4. The van der Waals surface area contributed by atoms with Gasteiger partial charge in [0.05, 0.1) is 16.8 Å². The van der Waals surface area contributed by atoms with Gasteiger partial charge in [0.25, 0.3) is 0 Å². The molecule has 0 amide bonds. The van der Waals surface area contributed by atoms with E-state index < -0.39 is 0 Å². The number of allylic oxidation sites excluding steroid dienone is 1. The Morgan fingerprint density at radius 2 is 1.93 bits per heavy atom. The maximum absolute atomic E-state index is 10.5. The molecule has 0 saturated heterocycles. The second-order valence-electron chi connectivity index (χ2n) is 6.59. The molecule has 2 aromatic heterocycles. The van der Waals surface area contributed by atoms with E-state index in [-0.39, 0.29) is 17.1 Å². The molecule has 0 aliphatic rings. The first-order chi connectivity index (χ1) is 14.5. The van der Waals surface area contributed by atoms with Gasteiger partial charge in [0.2, 0.25) is 5.13 Å². The number of rotatable bonds is 6. The van der Waals surface area contributed by atoms with E-state index in [1.807, 2.05) is 62.4 Å². The maximum atomic E-state index is 10.5. The lowest BCUT2D eigenvalue weighted by atomic mass is 10.1. The number of para-hydroxylation sites is 3. The van der Waals surface area contributed by atoms with E-state index in [1.54, 1.807) is 0 Å². The number of aromatic amines is 1. The first-order valence-corrected chi connectivity index (χ1v) is 10.9. The average Bonchev–Trinajstić information content (AvgIpc) is 3.36. The van der Waals surface area contributed by atoms with E-state index in [4.69, 9.17) is 0 Å².